The molecule has 7 nitrogen and oxygen atoms in total. The number of anilines is 1. The van der Waals surface area contributed by atoms with Crippen molar-refractivity contribution in [2.24, 2.45) is 5.10 Å². The number of hydrogen-bond acceptors (Lipinski definition) is 5. The van der Waals surface area contributed by atoms with Crippen molar-refractivity contribution < 1.29 is 19.1 Å². The Kier molecular flexibility index (Phi) is 7.66. The second-order valence-electron chi connectivity index (χ2n) is 5.70. The van der Waals surface area contributed by atoms with Crippen LogP contribution in [-0.2, 0) is 4.79 Å². The highest BCUT2D eigenvalue weighted by Crippen LogP contribution is 2.29. The lowest BCUT2D eigenvalue weighted by Crippen LogP contribution is -2.22. The molecule has 0 bridgehead atoms. The first-order valence-electron chi connectivity index (χ1n) is 8.14. The van der Waals surface area contributed by atoms with Gasteiger partial charge in [-0.15, -0.1) is 0 Å². The molecule has 0 aliphatic carbocycles. The van der Waals surface area contributed by atoms with Crippen LogP contribution in [-0.4, -0.2) is 31.7 Å². The van der Waals surface area contributed by atoms with E-state index in [0.29, 0.717) is 27.9 Å². The summed E-state index contributed by atoms with van der Waals surface area (Å²) in [7, 11) is 3.03. The van der Waals surface area contributed by atoms with E-state index in [4.69, 9.17) is 32.7 Å². The highest BCUT2D eigenvalue weighted by atomic mass is 35.5. The summed E-state index contributed by atoms with van der Waals surface area (Å²) in [5.41, 5.74) is 3.47. The number of ether oxygens (including phenoxy) is 2. The third kappa shape index (κ3) is 5.87. The average molecular weight is 424 g/mol. The minimum Gasteiger partial charge on any atom is -0.497 e. The van der Waals surface area contributed by atoms with E-state index < -0.39 is 5.91 Å². The predicted octanol–water partition coefficient (Wildman–Crippen LogP) is 4.15. The van der Waals surface area contributed by atoms with Crippen LogP contribution < -0.4 is 20.2 Å². The third-order valence-electron chi connectivity index (χ3n) is 3.62. The zero-order valence-corrected chi connectivity index (χ0v) is 17.0. The Bertz CT molecular complexity index is 916. The van der Waals surface area contributed by atoms with Crippen molar-refractivity contribution in [2.75, 3.05) is 19.5 Å². The van der Waals surface area contributed by atoms with Crippen LogP contribution in [0.25, 0.3) is 0 Å². The van der Waals surface area contributed by atoms with Gasteiger partial charge in [-0.3, -0.25) is 9.59 Å². The summed E-state index contributed by atoms with van der Waals surface area (Å²) in [5, 5.41) is 7.29. The summed E-state index contributed by atoms with van der Waals surface area (Å²) in [6.45, 7) is 1.62. The van der Waals surface area contributed by atoms with E-state index in [1.807, 2.05) is 0 Å². The van der Waals surface area contributed by atoms with E-state index in [0.717, 1.165) is 0 Å². The van der Waals surface area contributed by atoms with E-state index in [-0.39, 0.29) is 22.9 Å². The maximum atomic E-state index is 12.3. The number of carbonyl (C=O) groups is 2. The minimum absolute atomic E-state index is 0.0327. The van der Waals surface area contributed by atoms with Crippen molar-refractivity contribution in [2.45, 2.75) is 13.3 Å². The lowest BCUT2D eigenvalue weighted by molar-refractivity contribution is -0.115. The van der Waals surface area contributed by atoms with Gasteiger partial charge in [0.2, 0.25) is 5.91 Å². The third-order valence-corrected chi connectivity index (χ3v) is 4.17. The molecule has 0 aliphatic heterocycles. The van der Waals surface area contributed by atoms with Crippen LogP contribution >= 0.6 is 23.2 Å². The van der Waals surface area contributed by atoms with Gasteiger partial charge in [-0.25, -0.2) is 5.43 Å². The zero-order chi connectivity index (χ0) is 20.7. The smallest absolute Gasteiger partial charge is 0.272 e. The van der Waals surface area contributed by atoms with E-state index >= 15 is 0 Å². The number of hydrazone groups is 1. The number of methoxy groups -OCH3 is 2. The molecule has 0 aliphatic rings. The number of nitrogens with one attached hydrogen (secondary N) is 2. The van der Waals surface area contributed by atoms with Crippen LogP contribution in [0.3, 0.4) is 0 Å². The molecule has 28 heavy (non-hydrogen) atoms. The first-order chi connectivity index (χ1) is 13.3. The molecule has 0 saturated carbocycles. The minimum atomic E-state index is -0.504. The highest BCUT2D eigenvalue weighted by Gasteiger charge is 2.12. The molecule has 9 heteroatoms. The fraction of sp³-hybridized carbons (Fsp3) is 0.211. The summed E-state index contributed by atoms with van der Waals surface area (Å²) < 4.78 is 10.4. The van der Waals surface area contributed by atoms with Gasteiger partial charge in [0.15, 0.2) is 0 Å². The number of hydrogen-bond donors (Lipinski definition) is 2. The lowest BCUT2D eigenvalue weighted by atomic mass is 10.2. The summed E-state index contributed by atoms with van der Waals surface area (Å²) in [6, 6.07) is 9.56. The summed E-state index contributed by atoms with van der Waals surface area (Å²) in [5.74, 6) is 0.241. The van der Waals surface area contributed by atoms with Gasteiger partial charge in [-0.1, -0.05) is 23.2 Å². The number of halogens is 2. The Hall–Kier alpha value is -2.77. The van der Waals surface area contributed by atoms with E-state index in [2.05, 4.69) is 15.8 Å². The Morgan fingerprint density at radius 3 is 2.46 bits per heavy atom. The van der Waals surface area contributed by atoms with Crippen LogP contribution in [0.2, 0.25) is 10.0 Å². The van der Waals surface area contributed by atoms with Crippen molar-refractivity contribution in [1.29, 1.82) is 0 Å². The number of amides is 2. The topological polar surface area (TPSA) is 89.0 Å². The molecule has 2 rings (SSSR count). The van der Waals surface area contributed by atoms with Gasteiger partial charge in [0.25, 0.3) is 5.91 Å². The monoisotopic (exact) mass is 423 g/mol. The molecule has 0 saturated heterocycles. The molecule has 0 heterocycles. The van der Waals surface area contributed by atoms with Crippen LogP contribution in [0, 0.1) is 0 Å². The fourth-order valence-corrected chi connectivity index (χ4v) is 2.75. The summed E-state index contributed by atoms with van der Waals surface area (Å²) >= 11 is 11.8. The molecule has 148 valence electrons. The molecule has 0 atom stereocenters. The van der Waals surface area contributed by atoms with Crippen molar-refractivity contribution in [3.05, 3.63) is 52.0 Å². The number of rotatable bonds is 7. The number of benzene rings is 2. The number of nitrogens with zero attached hydrogens (tertiary/aromatic N) is 1. The SMILES string of the molecule is COc1ccc(OC)c(NC(=O)CC(C)=NNC(=O)c2ccc(Cl)cc2Cl)c1. The molecule has 2 amide bonds. The molecular formula is C19H19Cl2N3O4. The normalized spacial score (nSPS) is 11.0. The average Bonchev–Trinajstić information content (AvgIpc) is 2.65. The fourth-order valence-electron chi connectivity index (χ4n) is 2.26. The summed E-state index contributed by atoms with van der Waals surface area (Å²) in [4.78, 5) is 24.4. The van der Waals surface area contributed by atoms with Gasteiger partial charge in [0.05, 0.1) is 36.9 Å². The van der Waals surface area contributed by atoms with Crippen LogP contribution in [0.4, 0.5) is 5.69 Å². The standard InChI is InChI=1S/C19H19Cl2N3O4/c1-11(23-24-19(26)14-6-4-12(20)9-15(14)21)8-18(25)22-16-10-13(27-2)5-7-17(16)28-3/h4-7,9-10H,8H2,1-3H3,(H,22,25)(H,24,26). The van der Waals surface area contributed by atoms with Gasteiger partial charge in [0, 0.05) is 16.8 Å². The van der Waals surface area contributed by atoms with Gasteiger partial charge in [-0.05, 0) is 37.3 Å². The maximum absolute atomic E-state index is 12.3. The van der Waals surface area contributed by atoms with Crippen molar-refractivity contribution >= 4 is 46.4 Å². The van der Waals surface area contributed by atoms with Crippen LogP contribution in [0.15, 0.2) is 41.5 Å². The molecule has 2 N–H and O–H groups in total. The molecule has 0 fully saturated rings. The molecule has 0 spiro atoms. The first kappa shape index (κ1) is 21.5. The van der Waals surface area contributed by atoms with Gasteiger partial charge >= 0.3 is 0 Å². The van der Waals surface area contributed by atoms with E-state index in [1.54, 1.807) is 31.2 Å². The van der Waals surface area contributed by atoms with E-state index in [9.17, 15) is 9.59 Å². The number of carbonyl (C=O) groups excluding carboxylic acids is 2. The Balaban J connectivity index is 1.99. The summed E-state index contributed by atoms with van der Waals surface area (Å²) in [6.07, 6.45) is -0.0327. The molecule has 0 unspecified atom stereocenters. The van der Waals surface area contributed by atoms with Crippen molar-refractivity contribution in [1.82, 2.24) is 5.43 Å². The lowest BCUT2D eigenvalue weighted by Gasteiger charge is -2.11. The van der Waals surface area contributed by atoms with E-state index in [1.165, 1.54) is 26.4 Å². The predicted molar refractivity (Wildman–Crippen MR) is 110 cm³/mol. The second-order valence-corrected chi connectivity index (χ2v) is 6.55. The van der Waals surface area contributed by atoms with Crippen molar-refractivity contribution in [3.63, 3.8) is 0 Å². The van der Waals surface area contributed by atoms with Gasteiger partial charge in [-0.2, -0.15) is 5.10 Å². The Morgan fingerprint density at radius 2 is 1.82 bits per heavy atom. The van der Waals surface area contributed by atoms with Gasteiger partial charge in [0.1, 0.15) is 11.5 Å². The highest BCUT2D eigenvalue weighted by molar-refractivity contribution is 6.36. The zero-order valence-electron chi connectivity index (χ0n) is 15.5. The Labute approximate surface area is 172 Å². The van der Waals surface area contributed by atoms with Crippen molar-refractivity contribution in [3.8, 4) is 11.5 Å². The van der Waals surface area contributed by atoms with Crippen LogP contribution in [0.1, 0.15) is 23.7 Å². The Morgan fingerprint density at radius 1 is 1.07 bits per heavy atom. The molecular weight excluding hydrogens is 405 g/mol. The van der Waals surface area contributed by atoms with Gasteiger partial charge < -0.3 is 14.8 Å². The second kappa shape index (κ2) is 9.96. The molecule has 2 aromatic carbocycles. The van der Waals surface area contributed by atoms with Crippen LogP contribution in [0.5, 0.6) is 11.5 Å². The maximum Gasteiger partial charge on any atom is 0.272 e. The molecule has 0 aromatic heterocycles. The molecule has 0 radical (unpaired) electrons. The first-order valence-corrected chi connectivity index (χ1v) is 8.90. The molecule has 2 aromatic rings. The quantitative estimate of drug-likeness (QED) is 0.517. The largest absolute Gasteiger partial charge is 0.497 e.